The number of rotatable bonds is 6. The van der Waals surface area contributed by atoms with E-state index >= 15 is 0 Å². The zero-order chi connectivity index (χ0) is 18.4. The molecule has 1 heterocycles. The molecule has 1 atom stereocenters. The van der Waals surface area contributed by atoms with Gasteiger partial charge in [-0.15, -0.1) is 0 Å². The van der Waals surface area contributed by atoms with Gasteiger partial charge in [-0.25, -0.2) is 0 Å². The zero-order valence-electron chi connectivity index (χ0n) is 15.2. The monoisotopic (exact) mass is 371 g/mol. The highest BCUT2D eigenvalue weighted by atomic mass is 35.5. The molecule has 2 aromatic rings. The van der Waals surface area contributed by atoms with Crippen LogP contribution in [0.15, 0.2) is 54.6 Å². The Morgan fingerprint density at radius 3 is 2.42 bits per heavy atom. The largest absolute Gasteiger partial charge is 0.348 e. The van der Waals surface area contributed by atoms with E-state index in [4.69, 9.17) is 11.6 Å². The number of halogens is 1. The lowest BCUT2D eigenvalue weighted by Crippen LogP contribution is -2.49. The highest BCUT2D eigenvalue weighted by Crippen LogP contribution is 2.14. The summed E-state index contributed by atoms with van der Waals surface area (Å²) < 4.78 is 0. The number of hydrogen-bond donors (Lipinski definition) is 1. The summed E-state index contributed by atoms with van der Waals surface area (Å²) in [5.41, 5.74) is 2.37. The third-order valence-corrected chi connectivity index (χ3v) is 5.04. The second kappa shape index (κ2) is 9.17. The molecule has 1 fully saturated rings. The molecule has 3 rings (SSSR count). The molecule has 0 aliphatic carbocycles. The summed E-state index contributed by atoms with van der Waals surface area (Å²) in [4.78, 5) is 17.0. The van der Waals surface area contributed by atoms with Crippen LogP contribution in [0.1, 0.15) is 24.1 Å². The van der Waals surface area contributed by atoms with E-state index in [-0.39, 0.29) is 11.9 Å². The maximum absolute atomic E-state index is 12.3. The first kappa shape index (κ1) is 18.9. The number of nitrogens with one attached hydrogen (secondary N) is 1. The van der Waals surface area contributed by atoms with Gasteiger partial charge in [0.15, 0.2) is 0 Å². The van der Waals surface area contributed by atoms with Crippen LogP contribution in [0, 0.1) is 0 Å². The minimum Gasteiger partial charge on any atom is -0.348 e. The smallest absolute Gasteiger partial charge is 0.234 e. The SMILES string of the molecule is C[C@@H](NC(=O)CN1CCN(Cc2cccc(Cl)c2)CC1)c1ccccc1. The molecule has 1 N–H and O–H groups in total. The molecule has 0 aromatic heterocycles. The molecule has 0 bridgehead atoms. The van der Waals surface area contributed by atoms with Gasteiger partial charge in [-0.3, -0.25) is 14.6 Å². The molecule has 1 saturated heterocycles. The van der Waals surface area contributed by atoms with Crippen molar-refractivity contribution in [2.45, 2.75) is 19.5 Å². The van der Waals surface area contributed by atoms with Crippen LogP contribution in [0.5, 0.6) is 0 Å². The Morgan fingerprint density at radius 2 is 1.73 bits per heavy atom. The van der Waals surface area contributed by atoms with Crippen molar-refractivity contribution in [3.05, 3.63) is 70.7 Å². The van der Waals surface area contributed by atoms with E-state index in [9.17, 15) is 4.79 Å². The third kappa shape index (κ3) is 5.56. The standard InChI is InChI=1S/C21H26ClN3O/c1-17(19-7-3-2-4-8-19)23-21(26)16-25-12-10-24(11-13-25)15-18-6-5-9-20(22)14-18/h2-9,14,17H,10-13,15-16H2,1H3,(H,23,26)/t17-/m1/s1. The van der Waals surface area contributed by atoms with Gasteiger partial charge in [0.25, 0.3) is 0 Å². The Hall–Kier alpha value is -1.88. The average Bonchev–Trinajstić information content (AvgIpc) is 2.64. The molecule has 4 nitrogen and oxygen atoms in total. The molecule has 5 heteroatoms. The van der Waals surface area contributed by atoms with Crippen LogP contribution >= 0.6 is 11.6 Å². The van der Waals surface area contributed by atoms with Crippen molar-refractivity contribution in [1.82, 2.24) is 15.1 Å². The van der Waals surface area contributed by atoms with Crippen molar-refractivity contribution < 1.29 is 4.79 Å². The van der Waals surface area contributed by atoms with Crippen molar-refractivity contribution >= 4 is 17.5 Å². The summed E-state index contributed by atoms with van der Waals surface area (Å²) in [5.74, 6) is 0.0876. The lowest BCUT2D eigenvalue weighted by Gasteiger charge is -2.34. The summed E-state index contributed by atoms with van der Waals surface area (Å²) in [7, 11) is 0. The van der Waals surface area contributed by atoms with E-state index in [2.05, 4.69) is 21.2 Å². The number of piperazine rings is 1. The Morgan fingerprint density at radius 1 is 1.04 bits per heavy atom. The van der Waals surface area contributed by atoms with Crippen molar-refractivity contribution in [3.63, 3.8) is 0 Å². The topological polar surface area (TPSA) is 35.6 Å². The fourth-order valence-corrected chi connectivity index (χ4v) is 3.53. The maximum Gasteiger partial charge on any atom is 0.234 e. The number of carbonyl (C=O) groups is 1. The Balaban J connectivity index is 1.41. The zero-order valence-corrected chi connectivity index (χ0v) is 16.0. The van der Waals surface area contributed by atoms with E-state index in [1.165, 1.54) is 5.56 Å². The number of hydrogen-bond acceptors (Lipinski definition) is 3. The number of amides is 1. The highest BCUT2D eigenvalue weighted by molar-refractivity contribution is 6.30. The van der Waals surface area contributed by atoms with E-state index in [0.29, 0.717) is 6.54 Å². The molecule has 26 heavy (non-hydrogen) atoms. The molecule has 138 valence electrons. The highest BCUT2D eigenvalue weighted by Gasteiger charge is 2.20. The maximum atomic E-state index is 12.3. The fourth-order valence-electron chi connectivity index (χ4n) is 3.31. The van der Waals surface area contributed by atoms with Gasteiger partial charge in [0.2, 0.25) is 5.91 Å². The van der Waals surface area contributed by atoms with Crippen molar-refractivity contribution in [3.8, 4) is 0 Å². The molecule has 1 aliphatic heterocycles. The molecule has 1 aliphatic rings. The van der Waals surface area contributed by atoms with Crippen molar-refractivity contribution in [2.24, 2.45) is 0 Å². The lowest BCUT2D eigenvalue weighted by atomic mass is 10.1. The number of benzene rings is 2. The Kier molecular flexibility index (Phi) is 6.67. The molecule has 1 amide bonds. The van der Waals surface area contributed by atoms with Crippen LogP contribution in [-0.2, 0) is 11.3 Å². The summed E-state index contributed by atoms with van der Waals surface area (Å²) >= 11 is 6.06. The van der Waals surface area contributed by atoms with Gasteiger partial charge in [0, 0.05) is 37.7 Å². The molecule has 0 unspecified atom stereocenters. The van der Waals surface area contributed by atoms with Crippen LogP contribution < -0.4 is 5.32 Å². The van der Waals surface area contributed by atoms with Crippen molar-refractivity contribution in [1.29, 1.82) is 0 Å². The fraction of sp³-hybridized carbons (Fsp3) is 0.381. The molecule has 0 radical (unpaired) electrons. The van der Waals surface area contributed by atoms with Gasteiger partial charge in [0.1, 0.15) is 0 Å². The lowest BCUT2D eigenvalue weighted by molar-refractivity contribution is -0.123. The Bertz CT molecular complexity index is 714. The summed E-state index contributed by atoms with van der Waals surface area (Å²) in [6.45, 7) is 7.15. The van der Waals surface area contributed by atoms with Gasteiger partial charge in [-0.05, 0) is 30.2 Å². The summed E-state index contributed by atoms with van der Waals surface area (Å²) in [6, 6.07) is 18.1. The van der Waals surface area contributed by atoms with E-state index < -0.39 is 0 Å². The molecular weight excluding hydrogens is 346 g/mol. The van der Waals surface area contributed by atoms with Gasteiger partial charge >= 0.3 is 0 Å². The first-order chi connectivity index (χ1) is 12.6. The molecular formula is C21H26ClN3O. The minimum atomic E-state index is 0.0350. The number of nitrogens with zero attached hydrogens (tertiary/aromatic N) is 2. The van der Waals surface area contributed by atoms with Crippen LogP contribution in [0.3, 0.4) is 0 Å². The van der Waals surface area contributed by atoms with Crippen molar-refractivity contribution in [2.75, 3.05) is 32.7 Å². The minimum absolute atomic E-state index is 0.0350. The predicted octanol–water partition coefficient (Wildman–Crippen LogP) is 3.34. The predicted molar refractivity (Wildman–Crippen MR) is 106 cm³/mol. The van der Waals surface area contributed by atoms with E-state index in [1.807, 2.05) is 55.5 Å². The number of carbonyl (C=O) groups excluding carboxylic acids is 1. The molecule has 0 spiro atoms. The quantitative estimate of drug-likeness (QED) is 0.846. The van der Waals surface area contributed by atoms with Gasteiger partial charge < -0.3 is 5.32 Å². The summed E-state index contributed by atoms with van der Waals surface area (Å²) in [6.07, 6.45) is 0. The Labute approximate surface area is 160 Å². The van der Waals surface area contributed by atoms with Crippen LogP contribution in [0.25, 0.3) is 0 Å². The summed E-state index contributed by atoms with van der Waals surface area (Å²) in [5, 5.41) is 3.87. The molecule has 0 saturated carbocycles. The van der Waals surface area contributed by atoms with Gasteiger partial charge in [0.05, 0.1) is 12.6 Å². The van der Waals surface area contributed by atoms with Gasteiger partial charge in [-0.1, -0.05) is 54.1 Å². The van der Waals surface area contributed by atoms with Crippen LogP contribution in [0.2, 0.25) is 5.02 Å². The van der Waals surface area contributed by atoms with Gasteiger partial charge in [-0.2, -0.15) is 0 Å². The third-order valence-electron chi connectivity index (χ3n) is 4.80. The molecule has 2 aromatic carbocycles. The van der Waals surface area contributed by atoms with Crippen LogP contribution in [0.4, 0.5) is 0 Å². The second-order valence-electron chi connectivity index (χ2n) is 6.88. The second-order valence-corrected chi connectivity index (χ2v) is 7.32. The van der Waals surface area contributed by atoms with E-state index in [0.717, 1.165) is 43.3 Å². The first-order valence-corrected chi connectivity index (χ1v) is 9.51. The first-order valence-electron chi connectivity index (χ1n) is 9.13. The average molecular weight is 372 g/mol. The van der Waals surface area contributed by atoms with Crippen LogP contribution in [-0.4, -0.2) is 48.4 Å². The van der Waals surface area contributed by atoms with E-state index in [1.54, 1.807) is 0 Å². The normalized spacial score (nSPS) is 17.0.